The molecular weight excluding hydrogens is 188 g/mol. The molecule has 15 heavy (non-hydrogen) atoms. The van der Waals surface area contributed by atoms with E-state index in [9.17, 15) is 10.1 Å². The maximum atomic E-state index is 11.6. The van der Waals surface area contributed by atoms with Crippen LogP contribution in [0.1, 0.15) is 32.6 Å². The van der Waals surface area contributed by atoms with Crippen molar-refractivity contribution < 1.29 is 4.79 Å². The molecule has 0 aromatic rings. The van der Waals surface area contributed by atoms with Crippen LogP contribution in [-0.4, -0.2) is 23.9 Å². The zero-order valence-electron chi connectivity index (χ0n) is 9.28. The van der Waals surface area contributed by atoms with Crippen molar-refractivity contribution in [3.63, 3.8) is 0 Å². The van der Waals surface area contributed by atoms with Crippen LogP contribution in [0.5, 0.6) is 0 Å². The molecule has 1 aliphatic carbocycles. The average Bonchev–Trinajstić information content (AvgIpc) is 2.52. The molecule has 2 aliphatic rings. The maximum absolute atomic E-state index is 11.6. The van der Waals surface area contributed by atoms with Crippen LogP contribution in [0.2, 0.25) is 0 Å². The van der Waals surface area contributed by atoms with Crippen LogP contribution in [0.3, 0.4) is 0 Å². The Morgan fingerprint density at radius 1 is 1.53 bits per heavy atom. The summed E-state index contributed by atoms with van der Waals surface area (Å²) in [5, 5.41) is 9.19. The maximum Gasteiger partial charge on any atom is 0.222 e. The smallest absolute Gasteiger partial charge is 0.222 e. The van der Waals surface area contributed by atoms with Crippen LogP contribution < -0.4 is 0 Å². The highest BCUT2D eigenvalue weighted by atomic mass is 16.2. The van der Waals surface area contributed by atoms with E-state index in [4.69, 9.17) is 0 Å². The number of likely N-dealkylation sites (tertiary alicyclic amines) is 1. The van der Waals surface area contributed by atoms with Crippen LogP contribution in [0.25, 0.3) is 0 Å². The van der Waals surface area contributed by atoms with Crippen molar-refractivity contribution in [2.45, 2.75) is 32.6 Å². The van der Waals surface area contributed by atoms with Gasteiger partial charge >= 0.3 is 0 Å². The molecule has 3 heteroatoms. The number of carbonyl (C=O) groups excluding carboxylic acids is 1. The fourth-order valence-electron chi connectivity index (χ4n) is 2.74. The van der Waals surface area contributed by atoms with Gasteiger partial charge in [0.15, 0.2) is 0 Å². The highest BCUT2D eigenvalue weighted by molar-refractivity contribution is 5.78. The van der Waals surface area contributed by atoms with Gasteiger partial charge in [-0.1, -0.05) is 6.42 Å². The second kappa shape index (κ2) is 4.22. The minimum Gasteiger partial charge on any atom is -0.343 e. The molecule has 1 saturated heterocycles. The number of hydrogen-bond donors (Lipinski definition) is 0. The van der Waals surface area contributed by atoms with Gasteiger partial charge in [0.05, 0.1) is 12.0 Å². The fourth-order valence-corrected chi connectivity index (χ4v) is 2.74. The molecule has 1 heterocycles. The Morgan fingerprint density at radius 3 is 2.67 bits per heavy atom. The first-order valence-corrected chi connectivity index (χ1v) is 5.93. The zero-order valence-corrected chi connectivity index (χ0v) is 9.28. The normalized spacial score (nSPS) is 28.7. The topological polar surface area (TPSA) is 44.1 Å². The van der Waals surface area contributed by atoms with E-state index in [1.54, 1.807) is 0 Å². The molecule has 82 valence electrons. The first kappa shape index (κ1) is 10.5. The Labute approximate surface area is 91.1 Å². The molecule has 1 saturated carbocycles. The van der Waals surface area contributed by atoms with Crippen molar-refractivity contribution in [1.82, 2.24) is 4.90 Å². The van der Waals surface area contributed by atoms with Crippen molar-refractivity contribution in [2.24, 2.45) is 17.8 Å². The second-order valence-electron chi connectivity index (χ2n) is 4.74. The van der Waals surface area contributed by atoms with Gasteiger partial charge in [0.2, 0.25) is 5.91 Å². The first-order chi connectivity index (χ1) is 7.26. The lowest BCUT2D eigenvalue weighted by Gasteiger charge is -2.32. The van der Waals surface area contributed by atoms with E-state index in [2.05, 4.69) is 6.07 Å². The number of hydrogen-bond acceptors (Lipinski definition) is 2. The molecule has 3 nitrogen and oxygen atoms in total. The summed E-state index contributed by atoms with van der Waals surface area (Å²) >= 11 is 0. The van der Waals surface area contributed by atoms with Gasteiger partial charge in [0.1, 0.15) is 0 Å². The molecule has 1 amide bonds. The quantitative estimate of drug-likeness (QED) is 0.706. The summed E-state index contributed by atoms with van der Waals surface area (Å²) in [6, 6.07) is 2.43. The highest BCUT2D eigenvalue weighted by Crippen LogP contribution is 2.40. The summed E-state index contributed by atoms with van der Waals surface area (Å²) in [7, 11) is 0. The van der Waals surface area contributed by atoms with Crippen LogP contribution in [0.4, 0.5) is 0 Å². The summed E-state index contributed by atoms with van der Waals surface area (Å²) in [6.45, 7) is 3.60. The monoisotopic (exact) mass is 206 g/mol. The molecule has 0 N–H and O–H groups in total. The fraction of sp³-hybridized carbons (Fsp3) is 0.833. The van der Waals surface area contributed by atoms with Crippen molar-refractivity contribution >= 4 is 5.91 Å². The molecule has 1 aliphatic heterocycles. The van der Waals surface area contributed by atoms with E-state index < -0.39 is 0 Å². The first-order valence-electron chi connectivity index (χ1n) is 5.93. The third-order valence-corrected chi connectivity index (χ3v) is 3.94. The molecule has 2 atom stereocenters. The van der Waals surface area contributed by atoms with Gasteiger partial charge in [-0.25, -0.2) is 0 Å². The molecule has 2 unspecified atom stereocenters. The predicted molar refractivity (Wildman–Crippen MR) is 56.8 cm³/mol. The average molecular weight is 206 g/mol. The second-order valence-corrected chi connectivity index (χ2v) is 4.74. The van der Waals surface area contributed by atoms with Gasteiger partial charge in [-0.05, 0) is 25.7 Å². The van der Waals surface area contributed by atoms with Crippen molar-refractivity contribution in [2.75, 3.05) is 13.1 Å². The largest absolute Gasteiger partial charge is 0.343 e. The van der Waals surface area contributed by atoms with Crippen LogP contribution >= 0.6 is 0 Å². The number of nitrogens with zero attached hydrogens (tertiary/aromatic N) is 2. The van der Waals surface area contributed by atoms with E-state index in [1.165, 1.54) is 19.3 Å². The summed E-state index contributed by atoms with van der Waals surface area (Å²) in [5.74, 6) is 1.23. The number of carbonyl (C=O) groups is 1. The predicted octanol–water partition coefficient (Wildman–Crippen LogP) is 1.79. The van der Waals surface area contributed by atoms with Crippen LogP contribution in [0.15, 0.2) is 0 Å². The lowest BCUT2D eigenvalue weighted by Crippen LogP contribution is -2.30. The Hall–Kier alpha value is -1.04. The Kier molecular flexibility index (Phi) is 2.95. The van der Waals surface area contributed by atoms with Gasteiger partial charge in [-0.15, -0.1) is 0 Å². The standard InChI is InChI=1S/C12H18N2O/c1-2-14-8-10(6-12(14)15)11(7-13)9-4-3-5-9/h9-11H,2-6,8H2,1H3. The van der Waals surface area contributed by atoms with Gasteiger partial charge in [-0.2, -0.15) is 5.26 Å². The van der Waals surface area contributed by atoms with Crippen molar-refractivity contribution in [3.8, 4) is 6.07 Å². The summed E-state index contributed by atoms with van der Waals surface area (Å²) in [6.07, 6.45) is 4.24. The van der Waals surface area contributed by atoms with Crippen molar-refractivity contribution in [1.29, 1.82) is 5.26 Å². The third kappa shape index (κ3) is 1.86. The van der Waals surface area contributed by atoms with E-state index >= 15 is 0 Å². The summed E-state index contributed by atoms with van der Waals surface area (Å²) < 4.78 is 0. The Balaban J connectivity index is 1.98. The number of nitriles is 1. The highest BCUT2D eigenvalue weighted by Gasteiger charge is 2.39. The van der Waals surface area contributed by atoms with Gasteiger partial charge in [0.25, 0.3) is 0 Å². The van der Waals surface area contributed by atoms with Crippen LogP contribution in [-0.2, 0) is 4.79 Å². The lowest BCUT2D eigenvalue weighted by atomic mass is 9.71. The van der Waals surface area contributed by atoms with E-state index in [0.717, 1.165) is 13.1 Å². The number of rotatable bonds is 3. The molecule has 0 aromatic carbocycles. The SMILES string of the molecule is CCN1CC(C(C#N)C2CCC2)CC1=O. The minimum atomic E-state index is 0.124. The minimum absolute atomic E-state index is 0.124. The molecule has 0 radical (unpaired) electrons. The summed E-state index contributed by atoms with van der Waals surface area (Å²) in [4.78, 5) is 13.5. The van der Waals surface area contributed by atoms with Crippen molar-refractivity contribution in [3.05, 3.63) is 0 Å². The number of amides is 1. The van der Waals surface area contributed by atoms with Gasteiger partial charge in [-0.3, -0.25) is 4.79 Å². The third-order valence-electron chi connectivity index (χ3n) is 3.94. The van der Waals surface area contributed by atoms with Gasteiger partial charge in [0, 0.05) is 25.4 Å². The Morgan fingerprint density at radius 2 is 2.27 bits per heavy atom. The summed E-state index contributed by atoms with van der Waals surface area (Å²) in [5.41, 5.74) is 0. The lowest BCUT2D eigenvalue weighted by molar-refractivity contribution is -0.127. The zero-order chi connectivity index (χ0) is 10.8. The molecule has 0 aromatic heterocycles. The van der Waals surface area contributed by atoms with Crippen LogP contribution in [0, 0.1) is 29.1 Å². The molecule has 0 bridgehead atoms. The van der Waals surface area contributed by atoms with E-state index in [0.29, 0.717) is 18.3 Å². The molecule has 0 spiro atoms. The Bertz CT molecular complexity index is 290. The van der Waals surface area contributed by atoms with E-state index in [1.807, 2.05) is 11.8 Å². The molecule has 2 rings (SSSR count). The van der Waals surface area contributed by atoms with Gasteiger partial charge < -0.3 is 4.90 Å². The molecular formula is C12H18N2O. The van der Waals surface area contributed by atoms with E-state index in [-0.39, 0.29) is 11.8 Å². The molecule has 2 fully saturated rings.